The van der Waals surface area contributed by atoms with Gasteiger partial charge in [-0.1, -0.05) is 42.5 Å². The number of nitrogens with one attached hydrogen (secondary N) is 1. The van der Waals surface area contributed by atoms with E-state index in [-0.39, 0.29) is 5.91 Å². The zero-order valence-corrected chi connectivity index (χ0v) is 16.2. The molecule has 0 unspecified atom stereocenters. The monoisotopic (exact) mass is 384 g/mol. The molecule has 27 heavy (non-hydrogen) atoms. The lowest BCUT2D eigenvalue weighted by atomic mass is 9.89. The molecule has 0 saturated carbocycles. The van der Waals surface area contributed by atoms with Gasteiger partial charge in [0.05, 0.1) is 6.26 Å². The molecule has 3 rings (SSSR count). The number of rotatable bonds is 5. The van der Waals surface area contributed by atoms with E-state index < -0.39 is 10.0 Å². The molecule has 142 valence electrons. The van der Waals surface area contributed by atoms with E-state index in [1.165, 1.54) is 5.56 Å². The molecular formula is C21H24N2O3S. The number of amides is 1. The third-order valence-corrected chi connectivity index (χ3v) is 5.32. The van der Waals surface area contributed by atoms with Gasteiger partial charge in [0.1, 0.15) is 0 Å². The minimum atomic E-state index is -3.28. The Morgan fingerprint density at radius 1 is 1.04 bits per heavy atom. The summed E-state index contributed by atoms with van der Waals surface area (Å²) in [6.07, 6.45) is 6.42. The second-order valence-corrected chi connectivity index (χ2v) is 8.59. The first kappa shape index (κ1) is 19.2. The molecule has 1 amide bonds. The van der Waals surface area contributed by atoms with Crippen molar-refractivity contribution >= 4 is 27.7 Å². The number of anilines is 1. The lowest BCUT2D eigenvalue weighted by molar-refractivity contribution is -0.126. The molecule has 2 aromatic rings. The van der Waals surface area contributed by atoms with Crippen LogP contribution in [-0.2, 0) is 14.8 Å². The Kier molecular flexibility index (Phi) is 5.96. The van der Waals surface area contributed by atoms with E-state index in [4.69, 9.17) is 0 Å². The zero-order valence-electron chi connectivity index (χ0n) is 15.3. The maximum atomic E-state index is 12.4. The maximum absolute atomic E-state index is 12.4. The summed E-state index contributed by atoms with van der Waals surface area (Å²) in [5, 5.41) is 0. The first-order valence-corrected chi connectivity index (χ1v) is 10.9. The normalized spacial score (nSPS) is 15.8. The number of carbonyl (C=O) groups excluding carboxylic acids is 1. The second-order valence-electron chi connectivity index (χ2n) is 6.84. The number of piperidine rings is 1. The summed E-state index contributed by atoms with van der Waals surface area (Å²) < 4.78 is 24.8. The van der Waals surface area contributed by atoms with Crippen LogP contribution in [0.2, 0.25) is 0 Å². The Labute approximate surface area is 160 Å². The molecule has 6 heteroatoms. The number of carbonyl (C=O) groups is 1. The van der Waals surface area contributed by atoms with Crippen molar-refractivity contribution in [1.82, 2.24) is 4.90 Å². The second kappa shape index (κ2) is 8.39. The van der Waals surface area contributed by atoms with Crippen molar-refractivity contribution < 1.29 is 13.2 Å². The van der Waals surface area contributed by atoms with Crippen LogP contribution in [0.15, 0.2) is 60.7 Å². The van der Waals surface area contributed by atoms with E-state index in [2.05, 4.69) is 29.0 Å². The predicted molar refractivity (Wildman–Crippen MR) is 109 cm³/mol. The van der Waals surface area contributed by atoms with Gasteiger partial charge in [0.25, 0.3) is 0 Å². The van der Waals surface area contributed by atoms with Gasteiger partial charge < -0.3 is 4.90 Å². The van der Waals surface area contributed by atoms with Gasteiger partial charge in [-0.05, 0) is 48.1 Å². The van der Waals surface area contributed by atoms with E-state index in [1.54, 1.807) is 36.4 Å². The minimum Gasteiger partial charge on any atom is -0.339 e. The van der Waals surface area contributed by atoms with Crippen molar-refractivity contribution in [2.24, 2.45) is 0 Å². The topological polar surface area (TPSA) is 66.5 Å². The average Bonchev–Trinajstić information content (AvgIpc) is 2.67. The molecule has 0 bridgehead atoms. The van der Waals surface area contributed by atoms with Crippen LogP contribution >= 0.6 is 0 Å². The highest BCUT2D eigenvalue weighted by molar-refractivity contribution is 7.92. The van der Waals surface area contributed by atoms with E-state index in [0.29, 0.717) is 11.6 Å². The van der Waals surface area contributed by atoms with E-state index in [9.17, 15) is 13.2 Å². The van der Waals surface area contributed by atoms with Crippen LogP contribution in [0.4, 0.5) is 5.69 Å². The van der Waals surface area contributed by atoms with Gasteiger partial charge in [-0.25, -0.2) is 8.42 Å². The number of hydrogen-bond donors (Lipinski definition) is 1. The molecule has 0 radical (unpaired) electrons. The predicted octanol–water partition coefficient (Wildman–Crippen LogP) is 3.48. The summed E-state index contributed by atoms with van der Waals surface area (Å²) in [5.74, 6) is 0.536. The van der Waals surface area contributed by atoms with Crippen LogP contribution in [0.1, 0.15) is 29.9 Å². The van der Waals surface area contributed by atoms with Gasteiger partial charge >= 0.3 is 0 Å². The van der Waals surface area contributed by atoms with Gasteiger partial charge in [0.15, 0.2) is 0 Å². The number of benzene rings is 2. The van der Waals surface area contributed by atoms with Crippen molar-refractivity contribution in [2.75, 3.05) is 24.1 Å². The average molecular weight is 385 g/mol. The van der Waals surface area contributed by atoms with Crippen molar-refractivity contribution in [1.29, 1.82) is 0 Å². The summed E-state index contributed by atoms with van der Waals surface area (Å²) in [5.41, 5.74) is 2.70. The third-order valence-electron chi connectivity index (χ3n) is 4.71. The van der Waals surface area contributed by atoms with Gasteiger partial charge in [0.2, 0.25) is 15.9 Å². The van der Waals surface area contributed by atoms with Crippen LogP contribution in [0.3, 0.4) is 0 Å². The van der Waals surface area contributed by atoms with Crippen LogP contribution in [0.25, 0.3) is 6.08 Å². The minimum absolute atomic E-state index is 0.0137. The van der Waals surface area contributed by atoms with E-state index >= 15 is 0 Å². The quantitative estimate of drug-likeness (QED) is 0.803. The standard InChI is InChI=1S/C21H24N2O3S/c1-27(25,26)22-20-10-7-17(8-11-20)9-12-21(24)23-15-13-19(14-16-23)18-5-3-2-4-6-18/h2-12,19,22H,13-16H2,1H3/b12-9+. The molecule has 2 aromatic carbocycles. The molecule has 1 N–H and O–H groups in total. The van der Waals surface area contributed by atoms with E-state index in [0.717, 1.165) is 37.8 Å². The summed E-state index contributed by atoms with van der Waals surface area (Å²) in [4.78, 5) is 14.3. The van der Waals surface area contributed by atoms with Crippen molar-refractivity contribution in [3.63, 3.8) is 0 Å². The Morgan fingerprint density at radius 2 is 1.67 bits per heavy atom. The van der Waals surface area contributed by atoms with Crippen molar-refractivity contribution in [2.45, 2.75) is 18.8 Å². The van der Waals surface area contributed by atoms with Crippen LogP contribution in [0.5, 0.6) is 0 Å². The maximum Gasteiger partial charge on any atom is 0.246 e. The summed E-state index contributed by atoms with van der Waals surface area (Å²) in [6, 6.07) is 17.4. The fourth-order valence-corrected chi connectivity index (χ4v) is 3.87. The molecule has 1 fully saturated rings. The third kappa shape index (κ3) is 5.69. The van der Waals surface area contributed by atoms with Gasteiger partial charge in [-0.2, -0.15) is 0 Å². The lowest BCUT2D eigenvalue weighted by Crippen LogP contribution is -2.36. The molecule has 0 atom stereocenters. The SMILES string of the molecule is CS(=O)(=O)Nc1ccc(/C=C/C(=O)N2CCC(c3ccccc3)CC2)cc1. The molecule has 0 aliphatic carbocycles. The van der Waals surface area contributed by atoms with Crippen molar-refractivity contribution in [3.8, 4) is 0 Å². The molecule has 0 aromatic heterocycles. The highest BCUT2D eigenvalue weighted by atomic mass is 32.2. The summed E-state index contributed by atoms with van der Waals surface area (Å²) in [6.45, 7) is 1.53. The Balaban J connectivity index is 1.53. The lowest BCUT2D eigenvalue weighted by Gasteiger charge is -2.31. The van der Waals surface area contributed by atoms with Gasteiger partial charge in [-0.15, -0.1) is 0 Å². The van der Waals surface area contributed by atoms with Gasteiger partial charge in [-0.3, -0.25) is 9.52 Å². The molecule has 1 saturated heterocycles. The largest absolute Gasteiger partial charge is 0.339 e. The molecule has 5 nitrogen and oxygen atoms in total. The Morgan fingerprint density at radius 3 is 2.26 bits per heavy atom. The van der Waals surface area contributed by atoms with Crippen molar-refractivity contribution in [3.05, 3.63) is 71.8 Å². The highest BCUT2D eigenvalue weighted by Crippen LogP contribution is 2.27. The van der Waals surface area contributed by atoms with Crippen LogP contribution in [-0.4, -0.2) is 38.6 Å². The fraction of sp³-hybridized carbons (Fsp3) is 0.286. The summed E-state index contributed by atoms with van der Waals surface area (Å²) >= 11 is 0. The van der Waals surface area contributed by atoms with Crippen LogP contribution < -0.4 is 4.72 Å². The molecule has 1 aliphatic heterocycles. The number of hydrogen-bond acceptors (Lipinski definition) is 3. The first-order valence-electron chi connectivity index (χ1n) is 9.00. The Bertz CT molecular complexity index is 898. The fourth-order valence-electron chi connectivity index (χ4n) is 3.31. The number of nitrogens with zero attached hydrogens (tertiary/aromatic N) is 1. The molecule has 0 spiro atoms. The zero-order chi connectivity index (χ0) is 19.3. The Hall–Kier alpha value is -2.60. The molecule has 1 heterocycles. The van der Waals surface area contributed by atoms with E-state index in [1.807, 2.05) is 11.0 Å². The first-order chi connectivity index (χ1) is 12.9. The smallest absolute Gasteiger partial charge is 0.246 e. The summed E-state index contributed by atoms with van der Waals surface area (Å²) in [7, 11) is -3.28. The van der Waals surface area contributed by atoms with Crippen LogP contribution in [0, 0.1) is 0 Å². The highest BCUT2D eigenvalue weighted by Gasteiger charge is 2.22. The number of likely N-dealkylation sites (tertiary alicyclic amines) is 1. The number of sulfonamides is 1. The van der Waals surface area contributed by atoms with Gasteiger partial charge in [0, 0.05) is 24.9 Å². The molecule has 1 aliphatic rings. The molecular weight excluding hydrogens is 360 g/mol.